The third kappa shape index (κ3) is 4.53. The van der Waals surface area contributed by atoms with E-state index >= 15 is 0 Å². The lowest BCUT2D eigenvalue weighted by atomic mass is 9.82. The van der Waals surface area contributed by atoms with Gasteiger partial charge in [-0.3, -0.25) is 0 Å². The van der Waals surface area contributed by atoms with Crippen molar-refractivity contribution in [1.82, 2.24) is 0 Å². The van der Waals surface area contributed by atoms with Crippen LogP contribution in [0.1, 0.15) is 33.6 Å². The van der Waals surface area contributed by atoms with Crippen LogP contribution in [-0.4, -0.2) is 56.7 Å². The molecule has 0 aromatic heterocycles. The maximum atomic E-state index is 11.4. The van der Waals surface area contributed by atoms with Crippen LogP contribution in [-0.2, 0) is 9.59 Å². The lowest BCUT2D eigenvalue weighted by Crippen LogP contribution is -2.43. The molecule has 0 rings (SSSR count). The van der Waals surface area contributed by atoms with Crippen molar-refractivity contribution in [2.24, 2.45) is 16.1 Å². The Morgan fingerprint density at radius 3 is 1.70 bits per heavy atom. The van der Waals surface area contributed by atoms with Crippen LogP contribution in [0.3, 0.4) is 0 Å². The quantitative estimate of drug-likeness (QED) is 0.456. The Morgan fingerprint density at radius 1 is 0.950 bits per heavy atom. The molecule has 0 spiro atoms. The van der Waals surface area contributed by atoms with Crippen molar-refractivity contribution in [2.75, 3.05) is 13.2 Å². The first-order valence-electron chi connectivity index (χ1n) is 6.24. The standard InChI is InChI=1S/C12H22N2O6/c1-11(2,9(17)18)13-14-12(3,10(19)20)8(4-6-15)5-7-16/h8,15-16H,4-7H2,1-3H3,(H,17,18)(H,19,20). The molecule has 0 amide bonds. The molecule has 0 bridgehead atoms. The van der Waals surface area contributed by atoms with Crippen molar-refractivity contribution in [1.29, 1.82) is 0 Å². The Morgan fingerprint density at radius 2 is 1.40 bits per heavy atom. The van der Waals surface area contributed by atoms with Crippen LogP contribution in [0, 0.1) is 5.92 Å². The minimum atomic E-state index is -1.70. The van der Waals surface area contributed by atoms with Gasteiger partial charge in [0.2, 0.25) is 0 Å². The molecule has 0 aromatic carbocycles. The summed E-state index contributed by atoms with van der Waals surface area (Å²) in [6.45, 7) is 3.38. The van der Waals surface area contributed by atoms with Gasteiger partial charge in [0, 0.05) is 19.1 Å². The molecule has 0 fully saturated rings. The number of aliphatic hydroxyl groups is 2. The topological polar surface area (TPSA) is 140 Å². The average Bonchev–Trinajstić information content (AvgIpc) is 2.35. The molecule has 8 nitrogen and oxygen atoms in total. The molecule has 1 unspecified atom stereocenters. The van der Waals surface area contributed by atoms with Gasteiger partial charge >= 0.3 is 11.9 Å². The number of aliphatic hydroxyl groups excluding tert-OH is 2. The number of carboxylic acids is 2. The minimum absolute atomic E-state index is 0.121. The Bertz CT molecular complexity index is 376. The molecule has 0 saturated heterocycles. The van der Waals surface area contributed by atoms with Crippen molar-refractivity contribution in [2.45, 2.75) is 44.7 Å². The van der Waals surface area contributed by atoms with Gasteiger partial charge in [0.1, 0.15) is 0 Å². The van der Waals surface area contributed by atoms with E-state index in [4.69, 9.17) is 15.3 Å². The van der Waals surface area contributed by atoms with E-state index in [0.29, 0.717) is 0 Å². The monoisotopic (exact) mass is 290 g/mol. The summed E-state index contributed by atoms with van der Waals surface area (Å²) >= 11 is 0. The molecular weight excluding hydrogens is 268 g/mol. The zero-order chi connectivity index (χ0) is 16.0. The van der Waals surface area contributed by atoms with Gasteiger partial charge in [0.15, 0.2) is 11.1 Å². The van der Waals surface area contributed by atoms with Gasteiger partial charge in [0.25, 0.3) is 0 Å². The molecule has 0 heterocycles. The summed E-state index contributed by atoms with van der Waals surface area (Å²) in [7, 11) is 0. The maximum absolute atomic E-state index is 11.4. The van der Waals surface area contributed by atoms with Gasteiger partial charge in [-0.2, -0.15) is 10.2 Å². The number of hydrogen-bond acceptors (Lipinski definition) is 6. The number of hydrogen-bond donors (Lipinski definition) is 4. The molecule has 20 heavy (non-hydrogen) atoms. The summed E-state index contributed by atoms with van der Waals surface area (Å²) in [6.07, 6.45) is 0.242. The lowest BCUT2D eigenvalue weighted by Gasteiger charge is -2.29. The highest BCUT2D eigenvalue weighted by molar-refractivity contribution is 5.79. The molecule has 0 saturated carbocycles. The van der Waals surface area contributed by atoms with Crippen LogP contribution in [0.15, 0.2) is 10.2 Å². The number of carbonyl (C=O) groups is 2. The zero-order valence-electron chi connectivity index (χ0n) is 11.9. The van der Waals surface area contributed by atoms with Gasteiger partial charge < -0.3 is 20.4 Å². The predicted octanol–water partition coefficient (Wildman–Crippen LogP) is 0.526. The van der Waals surface area contributed by atoms with Crippen LogP contribution < -0.4 is 0 Å². The molecule has 1 atom stereocenters. The van der Waals surface area contributed by atoms with E-state index in [1.54, 1.807) is 0 Å². The van der Waals surface area contributed by atoms with Gasteiger partial charge in [-0.25, -0.2) is 9.59 Å². The second kappa shape index (κ2) is 7.30. The first kappa shape index (κ1) is 18.5. The predicted molar refractivity (Wildman–Crippen MR) is 69.5 cm³/mol. The van der Waals surface area contributed by atoms with E-state index in [1.807, 2.05) is 0 Å². The highest BCUT2D eigenvalue weighted by Gasteiger charge is 2.42. The van der Waals surface area contributed by atoms with Crippen LogP contribution >= 0.6 is 0 Å². The number of nitrogens with zero attached hydrogens (tertiary/aromatic N) is 2. The SMILES string of the molecule is CC(C)(N=NC(C)(C(=O)O)C(CCO)CCO)C(=O)O. The van der Waals surface area contributed by atoms with E-state index in [9.17, 15) is 14.7 Å². The van der Waals surface area contributed by atoms with Crippen LogP contribution in [0.2, 0.25) is 0 Å². The fourth-order valence-corrected chi connectivity index (χ4v) is 1.59. The zero-order valence-corrected chi connectivity index (χ0v) is 11.9. The van der Waals surface area contributed by atoms with Crippen molar-refractivity contribution in [3.8, 4) is 0 Å². The number of aliphatic carboxylic acids is 2. The van der Waals surface area contributed by atoms with E-state index in [-0.39, 0.29) is 26.1 Å². The largest absolute Gasteiger partial charge is 0.479 e. The van der Waals surface area contributed by atoms with Crippen molar-refractivity contribution >= 4 is 11.9 Å². The van der Waals surface area contributed by atoms with Crippen molar-refractivity contribution in [3.63, 3.8) is 0 Å². The summed E-state index contributed by atoms with van der Waals surface area (Å²) in [5, 5.41) is 43.6. The number of azo groups is 1. The summed E-state index contributed by atoms with van der Waals surface area (Å²) in [4.78, 5) is 22.4. The molecule has 4 N–H and O–H groups in total. The molecular formula is C12H22N2O6. The Labute approximate surface area is 117 Å². The van der Waals surface area contributed by atoms with Crippen LogP contribution in [0.25, 0.3) is 0 Å². The Kier molecular flexibility index (Phi) is 6.74. The molecule has 116 valence electrons. The number of rotatable bonds is 9. The fraction of sp³-hybridized carbons (Fsp3) is 0.833. The van der Waals surface area contributed by atoms with Gasteiger partial charge in [0.05, 0.1) is 0 Å². The second-order valence-electron chi connectivity index (χ2n) is 5.24. The first-order chi connectivity index (χ1) is 9.11. The molecule has 0 aliphatic carbocycles. The Balaban J connectivity index is 5.43. The van der Waals surface area contributed by atoms with E-state index < -0.39 is 28.9 Å². The summed E-state index contributed by atoms with van der Waals surface area (Å²) in [6, 6.07) is 0. The highest BCUT2D eigenvalue weighted by Crippen LogP contribution is 2.30. The van der Waals surface area contributed by atoms with Gasteiger partial charge in [-0.05, 0) is 33.6 Å². The van der Waals surface area contributed by atoms with E-state index in [1.165, 1.54) is 20.8 Å². The summed E-state index contributed by atoms with van der Waals surface area (Å²) in [5.41, 5.74) is -3.24. The fourth-order valence-electron chi connectivity index (χ4n) is 1.59. The maximum Gasteiger partial charge on any atom is 0.333 e. The molecule has 8 heteroatoms. The highest BCUT2D eigenvalue weighted by atomic mass is 16.4. The Hall–Kier alpha value is -1.54. The lowest BCUT2D eigenvalue weighted by molar-refractivity contribution is -0.146. The number of carboxylic acid groups (broad SMARTS) is 2. The van der Waals surface area contributed by atoms with E-state index in [0.717, 1.165) is 0 Å². The third-order valence-electron chi connectivity index (χ3n) is 3.21. The third-order valence-corrected chi connectivity index (χ3v) is 3.21. The van der Waals surface area contributed by atoms with E-state index in [2.05, 4.69) is 10.2 Å². The molecule has 0 aliphatic rings. The summed E-state index contributed by atoms with van der Waals surface area (Å²) in [5.74, 6) is -3.16. The normalized spacial score (nSPS) is 15.5. The van der Waals surface area contributed by atoms with Crippen molar-refractivity contribution < 1.29 is 30.0 Å². The molecule has 0 radical (unpaired) electrons. The second-order valence-corrected chi connectivity index (χ2v) is 5.24. The average molecular weight is 290 g/mol. The summed E-state index contributed by atoms with van der Waals surface area (Å²) < 4.78 is 0. The van der Waals surface area contributed by atoms with Gasteiger partial charge in [-0.15, -0.1) is 0 Å². The van der Waals surface area contributed by atoms with Crippen LogP contribution in [0.4, 0.5) is 0 Å². The molecule has 0 aromatic rings. The van der Waals surface area contributed by atoms with Crippen molar-refractivity contribution in [3.05, 3.63) is 0 Å². The molecule has 0 aliphatic heterocycles. The van der Waals surface area contributed by atoms with Gasteiger partial charge in [-0.1, -0.05) is 0 Å². The first-order valence-corrected chi connectivity index (χ1v) is 6.24. The smallest absolute Gasteiger partial charge is 0.333 e. The van der Waals surface area contributed by atoms with Crippen LogP contribution in [0.5, 0.6) is 0 Å². The minimum Gasteiger partial charge on any atom is -0.479 e.